The molecule has 0 unspecified atom stereocenters. The molecule has 174 valence electrons. The predicted molar refractivity (Wildman–Crippen MR) is 134 cm³/mol. The van der Waals surface area contributed by atoms with Crippen molar-refractivity contribution in [1.82, 2.24) is 14.9 Å². The lowest BCUT2D eigenvalue weighted by atomic mass is 9.89. The van der Waals surface area contributed by atoms with Crippen LogP contribution in [-0.4, -0.2) is 34.9 Å². The second-order valence-corrected chi connectivity index (χ2v) is 10.9. The van der Waals surface area contributed by atoms with E-state index in [-0.39, 0.29) is 17.2 Å². The Kier molecular flexibility index (Phi) is 6.74. The first kappa shape index (κ1) is 22.5. The van der Waals surface area contributed by atoms with Gasteiger partial charge in [-0.25, -0.2) is 4.98 Å². The van der Waals surface area contributed by atoms with Gasteiger partial charge in [0.1, 0.15) is 10.6 Å². The number of hydrogen-bond acceptors (Lipinski definition) is 6. The molecular weight excluding hydrogens is 454 g/mol. The zero-order valence-corrected chi connectivity index (χ0v) is 20.5. The zero-order valence-electron chi connectivity index (χ0n) is 18.9. The normalized spacial score (nSPS) is 16.2. The molecule has 1 amide bonds. The fourth-order valence-corrected chi connectivity index (χ4v) is 7.06. The summed E-state index contributed by atoms with van der Waals surface area (Å²) in [4.78, 5) is 33.2. The first-order valence-corrected chi connectivity index (χ1v) is 13.6. The molecule has 2 heterocycles. The van der Waals surface area contributed by atoms with Crippen LogP contribution in [0.25, 0.3) is 15.9 Å². The van der Waals surface area contributed by atoms with Crippen LogP contribution in [0.1, 0.15) is 49.0 Å². The van der Waals surface area contributed by atoms with Gasteiger partial charge in [0.15, 0.2) is 5.16 Å². The number of aromatic nitrogens is 2. The largest absolute Gasteiger partial charge is 0.497 e. The Morgan fingerprint density at radius 2 is 1.97 bits per heavy atom. The highest BCUT2D eigenvalue weighted by atomic mass is 32.2. The molecule has 1 saturated carbocycles. The van der Waals surface area contributed by atoms with E-state index in [1.54, 1.807) is 23.0 Å². The zero-order chi connectivity index (χ0) is 22.8. The van der Waals surface area contributed by atoms with Crippen LogP contribution in [0.3, 0.4) is 0 Å². The Morgan fingerprint density at radius 3 is 2.73 bits per heavy atom. The Labute approximate surface area is 201 Å². The van der Waals surface area contributed by atoms with Crippen LogP contribution in [0.5, 0.6) is 5.75 Å². The van der Waals surface area contributed by atoms with Gasteiger partial charge in [0, 0.05) is 11.4 Å². The quantitative estimate of drug-likeness (QED) is 0.388. The summed E-state index contributed by atoms with van der Waals surface area (Å²) in [5.41, 5.74) is 1.85. The maximum absolute atomic E-state index is 13.7. The molecule has 2 aliphatic rings. The van der Waals surface area contributed by atoms with Crippen molar-refractivity contribution in [3.8, 4) is 11.4 Å². The average Bonchev–Trinajstić information content (AvgIpc) is 3.43. The van der Waals surface area contributed by atoms with E-state index in [1.807, 2.05) is 24.3 Å². The number of aryl methyl sites for hydroxylation is 2. The molecule has 0 bridgehead atoms. The number of thioether (sulfide) groups is 1. The smallest absolute Gasteiger partial charge is 0.267 e. The van der Waals surface area contributed by atoms with E-state index in [0.29, 0.717) is 11.1 Å². The molecule has 0 atom stereocenters. The molecule has 0 radical (unpaired) electrons. The van der Waals surface area contributed by atoms with Gasteiger partial charge in [0.2, 0.25) is 5.91 Å². The number of methoxy groups -OCH3 is 1. The third kappa shape index (κ3) is 4.68. The second-order valence-electron chi connectivity index (χ2n) is 8.87. The Balaban J connectivity index is 1.42. The fourth-order valence-electron chi connectivity index (χ4n) is 4.91. The van der Waals surface area contributed by atoms with Crippen LogP contribution in [0.4, 0.5) is 0 Å². The number of thiophene rings is 1. The first-order valence-electron chi connectivity index (χ1n) is 11.8. The Morgan fingerprint density at radius 1 is 1.18 bits per heavy atom. The Bertz CT molecular complexity index is 1210. The third-order valence-electron chi connectivity index (χ3n) is 6.68. The van der Waals surface area contributed by atoms with Crippen LogP contribution < -0.4 is 15.6 Å². The standard InChI is InChI=1S/C25H29N3O3S2/c1-31-18-12-10-17(11-13-18)28-24(30)22-19-8-5-9-20(19)33-23(22)27-25(28)32-15-21(29)26-14-16-6-3-2-4-7-16/h10-13,16H,2-9,14-15H2,1H3,(H,26,29). The molecule has 6 nitrogen and oxygen atoms in total. The van der Waals surface area contributed by atoms with Crippen LogP contribution in [0.2, 0.25) is 0 Å². The molecule has 0 spiro atoms. The van der Waals surface area contributed by atoms with E-state index in [2.05, 4.69) is 5.32 Å². The number of nitrogens with one attached hydrogen (secondary N) is 1. The van der Waals surface area contributed by atoms with Crippen LogP contribution in [0, 0.1) is 5.92 Å². The number of benzene rings is 1. The van der Waals surface area contributed by atoms with Gasteiger partial charge in [-0.3, -0.25) is 14.2 Å². The molecule has 2 aliphatic carbocycles. The van der Waals surface area contributed by atoms with E-state index in [1.165, 1.54) is 48.7 Å². The highest BCUT2D eigenvalue weighted by molar-refractivity contribution is 7.99. The SMILES string of the molecule is COc1ccc(-n2c(SCC(=O)NCC3CCCCC3)nc3sc4c(c3c2=O)CCC4)cc1. The highest BCUT2D eigenvalue weighted by Crippen LogP contribution is 2.36. The topological polar surface area (TPSA) is 73.2 Å². The monoisotopic (exact) mass is 483 g/mol. The van der Waals surface area contributed by atoms with Crippen molar-refractivity contribution in [2.24, 2.45) is 5.92 Å². The van der Waals surface area contributed by atoms with Crippen LogP contribution in [-0.2, 0) is 17.6 Å². The van der Waals surface area contributed by atoms with Gasteiger partial charge in [0.25, 0.3) is 5.56 Å². The van der Waals surface area contributed by atoms with Gasteiger partial charge in [0.05, 0.1) is 23.9 Å². The molecule has 3 aromatic rings. The van der Waals surface area contributed by atoms with Gasteiger partial charge in [-0.15, -0.1) is 11.3 Å². The average molecular weight is 484 g/mol. The molecule has 1 fully saturated rings. The van der Waals surface area contributed by atoms with E-state index < -0.39 is 0 Å². The summed E-state index contributed by atoms with van der Waals surface area (Å²) in [5, 5.41) is 4.40. The van der Waals surface area contributed by atoms with E-state index >= 15 is 0 Å². The fraction of sp³-hybridized carbons (Fsp3) is 0.480. The van der Waals surface area contributed by atoms with Crippen molar-refractivity contribution in [3.05, 3.63) is 45.1 Å². The predicted octanol–water partition coefficient (Wildman–Crippen LogP) is 4.73. The summed E-state index contributed by atoms with van der Waals surface area (Å²) < 4.78 is 6.94. The van der Waals surface area contributed by atoms with E-state index in [0.717, 1.165) is 53.0 Å². The molecule has 5 rings (SSSR count). The number of carbonyl (C=O) groups is 1. The molecule has 0 saturated heterocycles. The number of fused-ring (bicyclic) bond motifs is 3. The summed E-state index contributed by atoms with van der Waals surface area (Å²) >= 11 is 2.96. The van der Waals surface area contributed by atoms with Crippen LogP contribution in [0.15, 0.2) is 34.2 Å². The summed E-state index contributed by atoms with van der Waals surface area (Å²) in [6.45, 7) is 0.745. The van der Waals surface area contributed by atoms with Gasteiger partial charge in [-0.05, 0) is 67.9 Å². The van der Waals surface area contributed by atoms with Gasteiger partial charge in [-0.1, -0.05) is 31.0 Å². The number of carbonyl (C=O) groups excluding carboxylic acids is 1. The van der Waals surface area contributed by atoms with Crippen molar-refractivity contribution < 1.29 is 9.53 Å². The van der Waals surface area contributed by atoms with Crippen LogP contribution >= 0.6 is 23.1 Å². The molecule has 2 aromatic heterocycles. The second kappa shape index (κ2) is 9.89. The maximum atomic E-state index is 13.7. The summed E-state index contributed by atoms with van der Waals surface area (Å²) in [7, 11) is 1.62. The molecular formula is C25H29N3O3S2. The summed E-state index contributed by atoms with van der Waals surface area (Å²) in [5.74, 6) is 1.56. The Hall–Kier alpha value is -2.32. The molecule has 1 N–H and O–H groups in total. The number of amides is 1. The number of nitrogens with zero attached hydrogens (tertiary/aromatic N) is 2. The lowest BCUT2D eigenvalue weighted by molar-refractivity contribution is -0.118. The van der Waals surface area contributed by atoms with Crippen molar-refractivity contribution in [2.75, 3.05) is 19.4 Å². The van der Waals surface area contributed by atoms with Gasteiger partial charge < -0.3 is 10.1 Å². The first-order chi connectivity index (χ1) is 16.1. The van der Waals surface area contributed by atoms with Crippen molar-refractivity contribution in [3.63, 3.8) is 0 Å². The lowest BCUT2D eigenvalue weighted by Crippen LogP contribution is -2.31. The van der Waals surface area contributed by atoms with Crippen molar-refractivity contribution in [2.45, 2.75) is 56.5 Å². The van der Waals surface area contributed by atoms with Crippen molar-refractivity contribution in [1.29, 1.82) is 0 Å². The maximum Gasteiger partial charge on any atom is 0.267 e. The van der Waals surface area contributed by atoms with Gasteiger partial charge in [-0.2, -0.15) is 0 Å². The third-order valence-corrected chi connectivity index (χ3v) is 8.81. The number of hydrogen-bond donors (Lipinski definition) is 1. The highest BCUT2D eigenvalue weighted by Gasteiger charge is 2.24. The molecule has 8 heteroatoms. The molecule has 0 aliphatic heterocycles. The minimum atomic E-state index is -0.0466. The summed E-state index contributed by atoms with van der Waals surface area (Å²) in [6.07, 6.45) is 9.28. The number of rotatable bonds is 7. The molecule has 1 aromatic carbocycles. The molecule has 33 heavy (non-hydrogen) atoms. The van der Waals surface area contributed by atoms with E-state index in [4.69, 9.17) is 9.72 Å². The van der Waals surface area contributed by atoms with Gasteiger partial charge >= 0.3 is 0 Å². The van der Waals surface area contributed by atoms with Crippen molar-refractivity contribution >= 4 is 39.2 Å². The lowest BCUT2D eigenvalue weighted by Gasteiger charge is -2.21. The minimum absolute atomic E-state index is 0.00475. The van der Waals surface area contributed by atoms with E-state index in [9.17, 15) is 9.59 Å². The minimum Gasteiger partial charge on any atom is -0.497 e. The number of ether oxygens (including phenoxy) is 1. The summed E-state index contributed by atoms with van der Waals surface area (Å²) in [6, 6.07) is 7.42.